The summed E-state index contributed by atoms with van der Waals surface area (Å²) in [5.74, 6) is -1.24. The molecule has 0 radical (unpaired) electrons. The lowest BCUT2D eigenvalue weighted by atomic mass is 10.2. The standard InChI is InChI=1S/C14H9FO3/c15-13-7-2-1-6-12(13)14(17)18-11-5-3-4-10(8-11)9-16/h1-9H. The Morgan fingerprint density at radius 3 is 2.61 bits per heavy atom. The number of aldehydes is 1. The fourth-order valence-corrected chi connectivity index (χ4v) is 1.44. The Hall–Kier alpha value is -2.49. The first-order valence-corrected chi connectivity index (χ1v) is 5.22. The second-order valence-electron chi connectivity index (χ2n) is 3.56. The molecule has 0 spiro atoms. The molecule has 0 fully saturated rings. The lowest BCUT2D eigenvalue weighted by Crippen LogP contribution is -2.10. The number of carbonyl (C=O) groups excluding carboxylic acids is 2. The molecule has 0 aliphatic heterocycles. The number of halogens is 1. The van der Waals surface area contributed by atoms with Crippen molar-refractivity contribution in [3.05, 3.63) is 65.5 Å². The Morgan fingerprint density at radius 1 is 1.11 bits per heavy atom. The molecule has 0 saturated carbocycles. The van der Waals surface area contributed by atoms with Crippen molar-refractivity contribution in [2.45, 2.75) is 0 Å². The quantitative estimate of drug-likeness (QED) is 0.473. The van der Waals surface area contributed by atoms with Crippen LogP contribution in [0.4, 0.5) is 4.39 Å². The highest BCUT2D eigenvalue weighted by molar-refractivity contribution is 5.91. The van der Waals surface area contributed by atoms with E-state index in [1.165, 1.54) is 30.3 Å². The van der Waals surface area contributed by atoms with Crippen molar-refractivity contribution >= 4 is 12.3 Å². The van der Waals surface area contributed by atoms with Crippen molar-refractivity contribution < 1.29 is 18.7 Å². The Kier molecular flexibility index (Phi) is 3.48. The molecule has 90 valence electrons. The second kappa shape index (κ2) is 5.23. The van der Waals surface area contributed by atoms with Gasteiger partial charge in [-0.3, -0.25) is 4.79 Å². The highest BCUT2D eigenvalue weighted by Crippen LogP contribution is 2.15. The van der Waals surface area contributed by atoms with Gasteiger partial charge in [-0.25, -0.2) is 9.18 Å². The van der Waals surface area contributed by atoms with Gasteiger partial charge < -0.3 is 4.74 Å². The molecule has 2 aromatic rings. The van der Waals surface area contributed by atoms with Crippen LogP contribution < -0.4 is 4.74 Å². The topological polar surface area (TPSA) is 43.4 Å². The van der Waals surface area contributed by atoms with Gasteiger partial charge in [0.2, 0.25) is 0 Å². The lowest BCUT2D eigenvalue weighted by molar-refractivity contribution is 0.0729. The Balaban J connectivity index is 2.21. The first-order valence-electron chi connectivity index (χ1n) is 5.22. The highest BCUT2D eigenvalue weighted by atomic mass is 19.1. The zero-order chi connectivity index (χ0) is 13.0. The van der Waals surface area contributed by atoms with Crippen molar-refractivity contribution in [2.75, 3.05) is 0 Å². The average Bonchev–Trinajstić information content (AvgIpc) is 2.39. The number of ether oxygens (including phenoxy) is 1. The van der Waals surface area contributed by atoms with E-state index < -0.39 is 11.8 Å². The maximum Gasteiger partial charge on any atom is 0.346 e. The van der Waals surface area contributed by atoms with Crippen molar-refractivity contribution in [1.29, 1.82) is 0 Å². The minimum atomic E-state index is -0.795. The molecule has 0 bridgehead atoms. The number of hydrogen-bond acceptors (Lipinski definition) is 3. The first-order chi connectivity index (χ1) is 8.70. The van der Waals surface area contributed by atoms with Crippen LogP contribution >= 0.6 is 0 Å². The fourth-order valence-electron chi connectivity index (χ4n) is 1.44. The summed E-state index contributed by atoms with van der Waals surface area (Å²) < 4.78 is 18.3. The molecule has 3 nitrogen and oxygen atoms in total. The molecule has 2 aromatic carbocycles. The van der Waals surface area contributed by atoms with E-state index in [2.05, 4.69) is 0 Å². The van der Waals surface area contributed by atoms with Crippen LogP contribution in [0.25, 0.3) is 0 Å². The summed E-state index contributed by atoms with van der Waals surface area (Å²) in [6, 6.07) is 11.6. The largest absolute Gasteiger partial charge is 0.423 e. The molecule has 0 atom stereocenters. The predicted octanol–water partition coefficient (Wildman–Crippen LogP) is 2.86. The van der Waals surface area contributed by atoms with Gasteiger partial charge in [0.25, 0.3) is 0 Å². The predicted molar refractivity (Wildman–Crippen MR) is 63.2 cm³/mol. The van der Waals surface area contributed by atoms with Gasteiger partial charge in [-0.2, -0.15) is 0 Å². The maximum absolute atomic E-state index is 13.3. The Bertz CT molecular complexity index is 593. The Labute approximate surface area is 103 Å². The van der Waals surface area contributed by atoms with Crippen molar-refractivity contribution in [1.82, 2.24) is 0 Å². The lowest BCUT2D eigenvalue weighted by Gasteiger charge is -2.05. The van der Waals surface area contributed by atoms with Gasteiger partial charge in [0.05, 0.1) is 5.56 Å². The molecule has 0 aliphatic rings. The molecular formula is C14H9FO3. The van der Waals surface area contributed by atoms with Gasteiger partial charge in [0.1, 0.15) is 17.9 Å². The smallest absolute Gasteiger partial charge is 0.346 e. The fraction of sp³-hybridized carbons (Fsp3) is 0. The Morgan fingerprint density at radius 2 is 1.89 bits per heavy atom. The van der Waals surface area contributed by atoms with Crippen molar-refractivity contribution in [2.24, 2.45) is 0 Å². The second-order valence-corrected chi connectivity index (χ2v) is 3.56. The van der Waals surface area contributed by atoms with E-state index in [4.69, 9.17) is 4.74 Å². The van der Waals surface area contributed by atoms with Gasteiger partial charge in [0.15, 0.2) is 0 Å². The summed E-state index contributed by atoms with van der Waals surface area (Å²) in [6.45, 7) is 0. The van der Waals surface area contributed by atoms with Crippen LogP contribution in [0.2, 0.25) is 0 Å². The summed E-state index contributed by atoms with van der Waals surface area (Å²) in [7, 11) is 0. The normalized spacial score (nSPS) is 9.83. The van der Waals surface area contributed by atoms with E-state index in [9.17, 15) is 14.0 Å². The van der Waals surface area contributed by atoms with Crippen LogP contribution in [-0.4, -0.2) is 12.3 Å². The van der Waals surface area contributed by atoms with Crippen LogP contribution in [0.5, 0.6) is 5.75 Å². The van der Waals surface area contributed by atoms with E-state index in [0.717, 1.165) is 0 Å². The van der Waals surface area contributed by atoms with Crippen molar-refractivity contribution in [3.63, 3.8) is 0 Å². The van der Waals surface area contributed by atoms with E-state index in [1.54, 1.807) is 18.2 Å². The number of carbonyl (C=O) groups is 2. The number of esters is 1. The van der Waals surface area contributed by atoms with Gasteiger partial charge in [-0.05, 0) is 24.3 Å². The van der Waals surface area contributed by atoms with Crippen LogP contribution in [0.3, 0.4) is 0 Å². The molecule has 0 unspecified atom stereocenters. The average molecular weight is 244 g/mol. The SMILES string of the molecule is O=Cc1cccc(OC(=O)c2ccccc2F)c1. The third-order valence-corrected chi connectivity index (χ3v) is 2.30. The maximum atomic E-state index is 13.3. The number of rotatable bonds is 3. The molecule has 0 heterocycles. The van der Waals surface area contributed by atoms with Crippen LogP contribution in [0, 0.1) is 5.82 Å². The van der Waals surface area contributed by atoms with E-state index in [0.29, 0.717) is 11.8 Å². The molecule has 0 aliphatic carbocycles. The third-order valence-electron chi connectivity index (χ3n) is 2.30. The summed E-state index contributed by atoms with van der Waals surface area (Å²) in [4.78, 5) is 22.3. The molecule has 0 saturated heterocycles. The highest BCUT2D eigenvalue weighted by Gasteiger charge is 2.13. The monoisotopic (exact) mass is 244 g/mol. The number of benzene rings is 2. The zero-order valence-corrected chi connectivity index (χ0v) is 9.30. The van der Waals surface area contributed by atoms with Crippen LogP contribution in [0.1, 0.15) is 20.7 Å². The molecule has 0 amide bonds. The van der Waals surface area contributed by atoms with Gasteiger partial charge in [-0.15, -0.1) is 0 Å². The molecule has 4 heteroatoms. The van der Waals surface area contributed by atoms with Gasteiger partial charge in [0, 0.05) is 5.56 Å². The van der Waals surface area contributed by atoms with Gasteiger partial charge in [-0.1, -0.05) is 24.3 Å². The molecule has 0 aromatic heterocycles. The molecule has 18 heavy (non-hydrogen) atoms. The summed E-state index contributed by atoms with van der Waals surface area (Å²) in [6.07, 6.45) is 0.639. The van der Waals surface area contributed by atoms with Gasteiger partial charge >= 0.3 is 5.97 Å². The van der Waals surface area contributed by atoms with E-state index in [1.807, 2.05) is 0 Å². The molecular weight excluding hydrogens is 235 g/mol. The van der Waals surface area contributed by atoms with Crippen LogP contribution in [-0.2, 0) is 0 Å². The first kappa shape index (κ1) is 12.0. The van der Waals surface area contributed by atoms with E-state index in [-0.39, 0.29) is 11.3 Å². The number of hydrogen-bond donors (Lipinski definition) is 0. The van der Waals surface area contributed by atoms with E-state index >= 15 is 0 Å². The third kappa shape index (κ3) is 2.60. The minimum absolute atomic E-state index is 0.144. The molecule has 0 N–H and O–H groups in total. The summed E-state index contributed by atoms with van der Waals surface area (Å²) >= 11 is 0. The van der Waals surface area contributed by atoms with Crippen LogP contribution in [0.15, 0.2) is 48.5 Å². The molecule has 2 rings (SSSR count). The zero-order valence-electron chi connectivity index (χ0n) is 9.30. The van der Waals surface area contributed by atoms with Crippen molar-refractivity contribution in [3.8, 4) is 5.75 Å². The summed E-state index contributed by atoms with van der Waals surface area (Å²) in [5, 5.41) is 0. The minimum Gasteiger partial charge on any atom is -0.423 e. The summed E-state index contributed by atoms with van der Waals surface area (Å²) in [5.41, 5.74) is 0.239.